The standard InChI is InChI=1S/C28H24N2O2/c1-19-10-12-21(13-11-19)27-18-26(29-30(27)22-14-16-23(32-2)17-15-22)28(31)25-9-5-7-20-6-3-4-8-24(20)25/h3-18,28,31H,1-2H3. The number of ether oxygens (including phenoxy) is 1. The minimum atomic E-state index is -0.843. The fraction of sp³-hybridized carbons (Fsp3) is 0.107. The van der Waals surface area contributed by atoms with Crippen LogP contribution in [0, 0.1) is 6.92 Å². The molecule has 0 saturated heterocycles. The van der Waals surface area contributed by atoms with Crippen molar-refractivity contribution >= 4 is 10.8 Å². The highest BCUT2D eigenvalue weighted by molar-refractivity contribution is 5.86. The van der Waals surface area contributed by atoms with E-state index in [-0.39, 0.29) is 0 Å². The maximum atomic E-state index is 11.4. The Morgan fingerprint density at radius 2 is 1.56 bits per heavy atom. The molecule has 0 saturated carbocycles. The van der Waals surface area contributed by atoms with Crippen molar-refractivity contribution in [2.24, 2.45) is 0 Å². The van der Waals surface area contributed by atoms with E-state index in [4.69, 9.17) is 9.84 Å². The average molecular weight is 421 g/mol. The highest BCUT2D eigenvalue weighted by atomic mass is 16.5. The zero-order chi connectivity index (χ0) is 22.1. The lowest BCUT2D eigenvalue weighted by molar-refractivity contribution is 0.216. The molecule has 0 amide bonds. The molecule has 4 heteroatoms. The third kappa shape index (κ3) is 3.66. The zero-order valence-electron chi connectivity index (χ0n) is 18.1. The summed E-state index contributed by atoms with van der Waals surface area (Å²) in [6, 6.07) is 32.2. The summed E-state index contributed by atoms with van der Waals surface area (Å²) in [5.41, 5.74) is 5.50. The smallest absolute Gasteiger partial charge is 0.123 e. The van der Waals surface area contributed by atoms with Crippen molar-refractivity contribution in [3.8, 4) is 22.7 Å². The van der Waals surface area contributed by atoms with Crippen LogP contribution in [0.1, 0.15) is 22.9 Å². The predicted octanol–water partition coefficient (Wildman–Crippen LogP) is 6.09. The molecule has 32 heavy (non-hydrogen) atoms. The summed E-state index contributed by atoms with van der Waals surface area (Å²) in [5, 5.41) is 18.3. The Bertz CT molecular complexity index is 1360. The topological polar surface area (TPSA) is 47.3 Å². The third-order valence-corrected chi connectivity index (χ3v) is 5.79. The van der Waals surface area contributed by atoms with Crippen molar-refractivity contribution in [2.45, 2.75) is 13.0 Å². The van der Waals surface area contributed by atoms with Crippen LogP contribution in [0.4, 0.5) is 0 Å². The molecule has 158 valence electrons. The van der Waals surface area contributed by atoms with Crippen LogP contribution in [0.3, 0.4) is 0 Å². The van der Waals surface area contributed by atoms with Crippen molar-refractivity contribution in [1.82, 2.24) is 9.78 Å². The maximum absolute atomic E-state index is 11.4. The molecule has 0 aliphatic rings. The molecule has 4 nitrogen and oxygen atoms in total. The Morgan fingerprint density at radius 1 is 0.844 bits per heavy atom. The van der Waals surface area contributed by atoms with E-state index in [0.29, 0.717) is 5.69 Å². The summed E-state index contributed by atoms with van der Waals surface area (Å²) in [7, 11) is 1.65. The molecule has 1 unspecified atom stereocenters. The van der Waals surface area contributed by atoms with Crippen LogP contribution >= 0.6 is 0 Å². The second-order valence-electron chi connectivity index (χ2n) is 7.90. The maximum Gasteiger partial charge on any atom is 0.123 e. The number of fused-ring (bicyclic) bond motifs is 1. The second kappa shape index (κ2) is 8.33. The van der Waals surface area contributed by atoms with Crippen molar-refractivity contribution < 1.29 is 9.84 Å². The van der Waals surface area contributed by atoms with Crippen LogP contribution in [-0.4, -0.2) is 22.0 Å². The van der Waals surface area contributed by atoms with Gasteiger partial charge < -0.3 is 9.84 Å². The molecule has 0 aliphatic carbocycles. The van der Waals surface area contributed by atoms with E-state index in [1.807, 2.05) is 65.3 Å². The van der Waals surface area contributed by atoms with Gasteiger partial charge in [-0.1, -0.05) is 72.3 Å². The largest absolute Gasteiger partial charge is 0.497 e. The molecule has 0 fully saturated rings. The Hall–Kier alpha value is -3.89. The monoisotopic (exact) mass is 420 g/mol. The van der Waals surface area contributed by atoms with E-state index < -0.39 is 6.10 Å². The fourth-order valence-electron chi connectivity index (χ4n) is 4.03. The van der Waals surface area contributed by atoms with Crippen molar-refractivity contribution in [3.63, 3.8) is 0 Å². The number of nitrogens with zero attached hydrogens (tertiary/aromatic N) is 2. The molecule has 1 aromatic heterocycles. The van der Waals surface area contributed by atoms with Gasteiger partial charge in [-0.15, -0.1) is 0 Å². The van der Waals surface area contributed by atoms with Crippen LogP contribution in [-0.2, 0) is 0 Å². The first kappa shape index (κ1) is 20.0. The molecule has 1 heterocycles. The van der Waals surface area contributed by atoms with Gasteiger partial charge in [0, 0.05) is 5.56 Å². The Morgan fingerprint density at radius 3 is 2.31 bits per heavy atom. The number of aromatic nitrogens is 2. The summed E-state index contributed by atoms with van der Waals surface area (Å²) in [6.45, 7) is 2.07. The SMILES string of the molecule is COc1ccc(-n2nc(C(O)c3cccc4ccccc34)cc2-c2ccc(C)cc2)cc1. The highest BCUT2D eigenvalue weighted by Crippen LogP contribution is 2.32. The first-order valence-corrected chi connectivity index (χ1v) is 10.6. The number of benzene rings is 4. The van der Waals surface area contributed by atoms with Gasteiger partial charge >= 0.3 is 0 Å². The number of aliphatic hydroxyl groups is 1. The van der Waals surface area contributed by atoms with Gasteiger partial charge in [-0.25, -0.2) is 4.68 Å². The van der Waals surface area contributed by atoms with Gasteiger partial charge in [-0.2, -0.15) is 5.10 Å². The number of methoxy groups -OCH3 is 1. The van der Waals surface area contributed by atoms with Crippen LogP contribution in [0.5, 0.6) is 5.75 Å². The minimum absolute atomic E-state index is 0.604. The Labute approximate surface area is 187 Å². The van der Waals surface area contributed by atoms with Crippen LogP contribution in [0.2, 0.25) is 0 Å². The first-order chi connectivity index (χ1) is 15.6. The molecule has 1 atom stereocenters. The number of rotatable bonds is 5. The summed E-state index contributed by atoms with van der Waals surface area (Å²) in [6.07, 6.45) is -0.843. The third-order valence-electron chi connectivity index (χ3n) is 5.79. The van der Waals surface area contributed by atoms with Gasteiger partial charge in [0.25, 0.3) is 0 Å². The molecule has 5 aromatic rings. The molecule has 1 N–H and O–H groups in total. The van der Waals surface area contributed by atoms with Crippen LogP contribution < -0.4 is 4.74 Å². The lowest BCUT2D eigenvalue weighted by Crippen LogP contribution is -2.04. The number of aliphatic hydroxyl groups excluding tert-OH is 1. The van der Waals surface area contributed by atoms with Gasteiger partial charge in [-0.3, -0.25) is 0 Å². The molecular formula is C28H24N2O2. The number of hydrogen-bond acceptors (Lipinski definition) is 3. The normalized spacial score (nSPS) is 12.1. The molecule has 5 rings (SSSR count). The Kier molecular flexibility index (Phi) is 5.21. The first-order valence-electron chi connectivity index (χ1n) is 10.6. The zero-order valence-corrected chi connectivity index (χ0v) is 18.1. The van der Waals surface area contributed by atoms with Gasteiger partial charge in [-0.05, 0) is 53.6 Å². The highest BCUT2D eigenvalue weighted by Gasteiger charge is 2.20. The summed E-state index contributed by atoms with van der Waals surface area (Å²) < 4.78 is 7.19. The summed E-state index contributed by atoms with van der Waals surface area (Å²) in [4.78, 5) is 0. The van der Waals surface area contributed by atoms with Crippen molar-refractivity contribution in [3.05, 3.63) is 114 Å². The van der Waals surface area contributed by atoms with Gasteiger partial charge in [0.05, 0.1) is 24.2 Å². The van der Waals surface area contributed by atoms with Gasteiger partial charge in [0.15, 0.2) is 0 Å². The molecule has 0 aliphatic heterocycles. The number of hydrogen-bond donors (Lipinski definition) is 1. The molecule has 0 spiro atoms. The van der Waals surface area contributed by atoms with E-state index in [1.165, 1.54) is 5.56 Å². The molecule has 4 aromatic carbocycles. The average Bonchev–Trinajstić information content (AvgIpc) is 3.29. The fourth-order valence-corrected chi connectivity index (χ4v) is 4.03. The quantitative estimate of drug-likeness (QED) is 0.374. The summed E-state index contributed by atoms with van der Waals surface area (Å²) >= 11 is 0. The van der Waals surface area contributed by atoms with Crippen LogP contribution in [0.15, 0.2) is 97.1 Å². The predicted molar refractivity (Wildman–Crippen MR) is 128 cm³/mol. The van der Waals surface area contributed by atoms with E-state index in [1.54, 1.807) is 7.11 Å². The summed E-state index contributed by atoms with van der Waals surface area (Å²) in [5.74, 6) is 0.786. The van der Waals surface area contributed by atoms with E-state index in [0.717, 1.165) is 39.0 Å². The van der Waals surface area contributed by atoms with Crippen molar-refractivity contribution in [2.75, 3.05) is 7.11 Å². The van der Waals surface area contributed by atoms with Gasteiger partial charge in [0.2, 0.25) is 0 Å². The second-order valence-corrected chi connectivity index (χ2v) is 7.90. The molecule has 0 radical (unpaired) electrons. The van der Waals surface area contributed by atoms with Gasteiger partial charge in [0.1, 0.15) is 11.9 Å². The molecule has 0 bridgehead atoms. The Balaban J connectivity index is 1.65. The minimum Gasteiger partial charge on any atom is -0.497 e. The molecular weight excluding hydrogens is 396 g/mol. The van der Waals surface area contributed by atoms with E-state index in [9.17, 15) is 5.11 Å². The van der Waals surface area contributed by atoms with E-state index in [2.05, 4.69) is 43.3 Å². The lowest BCUT2D eigenvalue weighted by Gasteiger charge is -2.12. The van der Waals surface area contributed by atoms with Crippen LogP contribution in [0.25, 0.3) is 27.7 Å². The number of aryl methyl sites for hydroxylation is 1. The van der Waals surface area contributed by atoms with Crippen molar-refractivity contribution in [1.29, 1.82) is 0 Å². The lowest BCUT2D eigenvalue weighted by atomic mass is 9.98. The van der Waals surface area contributed by atoms with E-state index >= 15 is 0 Å².